The van der Waals surface area contributed by atoms with Crippen molar-refractivity contribution in [3.8, 4) is 0 Å². The molecule has 1 nitrogen and oxygen atoms in total. The summed E-state index contributed by atoms with van der Waals surface area (Å²) in [7, 11) is -0.390. The first-order valence-electron chi connectivity index (χ1n) is 7.76. The lowest BCUT2D eigenvalue weighted by molar-refractivity contribution is 0.580. The van der Waals surface area contributed by atoms with E-state index >= 15 is 0 Å². The predicted octanol–water partition coefficient (Wildman–Crippen LogP) is 4.52. The molecular formula is C14H30Cl3NSi3. The molecule has 0 heterocycles. The van der Waals surface area contributed by atoms with Gasteiger partial charge < -0.3 is 4.23 Å². The van der Waals surface area contributed by atoms with Crippen molar-refractivity contribution in [2.24, 2.45) is 0 Å². The fourth-order valence-corrected chi connectivity index (χ4v) is 7.18. The first-order chi connectivity index (χ1) is 9.70. The highest BCUT2D eigenvalue weighted by Crippen LogP contribution is 2.27. The molecule has 124 valence electrons. The van der Waals surface area contributed by atoms with Gasteiger partial charge in [0.2, 0.25) is 0 Å². The van der Waals surface area contributed by atoms with E-state index in [2.05, 4.69) is 43.3 Å². The van der Waals surface area contributed by atoms with Gasteiger partial charge in [-0.25, -0.2) is 0 Å². The van der Waals surface area contributed by atoms with Gasteiger partial charge >= 0.3 is 6.00 Å². The summed E-state index contributed by atoms with van der Waals surface area (Å²) in [4.78, 5) is 0. The van der Waals surface area contributed by atoms with Gasteiger partial charge in [-0.05, 0) is 46.7 Å². The van der Waals surface area contributed by atoms with E-state index < -0.39 is 6.00 Å². The summed E-state index contributed by atoms with van der Waals surface area (Å²) in [5.41, 5.74) is 7.87. The van der Waals surface area contributed by atoms with Crippen molar-refractivity contribution in [3.63, 3.8) is 0 Å². The maximum Gasteiger partial charge on any atom is 0.341 e. The molecule has 0 saturated carbocycles. The third-order valence-corrected chi connectivity index (χ3v) is 11.0. The number of rotatable bonds is 11. The minimum absolute atomic E-state index is 0.195. The summed E-state index contributed by atoms with van der Waals surface area (Å²) in [6, 6.07) is -1.58. The van der Waals surface area contributed by atoms with E-state index in [1.165, 1.54) is 37.0 Å². The molecule has 0 rings (SSSR count). The van der Waals surface area contributed by atoms with Crippen LogP contribution in [0, 0.1) is 0 Å². The Morgan fingerprint density at radius 3 is 1.76 bits per heavy atom. The molecule has 0 unspecified atom stereocenters. The minimum Gasteiger partial charge on any atom is -0.349 e. The number of unbranched alkanes of at least 4 members (excludes halogenated alkanes) is 3. The van der Waals surface area contributed by atoms with E-state index in [0.717, 1.165) is 12.5 Å². The number of hydrogen-bond donors (Lipinski definition) is 0. The van der Waals surface area contributed by atoms with Gasteiger partial charge in [0.05, 0.1) is 0 Å². The minimum atomic E-state index is -2.39. The second kappa shape index (κ2) is 12.4. The molecule has 0 fully saturated rings. The smallest absolute Gasteiger partial charge is 0.341 e. The zero-order valence-electron chi connectivity index (χ0n) is 13.9. The summed E-state index contributed by atoms with van der Waals surface area (Å²) in [6.45, 7) is 10.1. The Kier molecular flexibility index (Phi) is 13.0. The highest BCUT2D eigenvalue weighted by atomic mass is 35.8. The topological polar surface area (TPSA) is 3.24 Å². The quantitative estimate of drug-likeness (QED) is 0.279. The van der Waals surface area contributed by atoms with Crippen molar-refractivity contribution >= 4 is 58.6 Å². The second-order valence-electron chi connectivity index (χ2n) is 6.10. The van der Waals surface area contributed by atoms with Crippen LogP contribution in [0.15, 0.2) is 22.5 Å². The monoisotopic (exact) mass is 401 g/mol. The van der Waals surface area contributed by atoms with Crippen molar-refractivity contribution in [3.05, 3.63) is 22.5 Å². The van der Waals surface area contributed by atoms with E-state index in [-0.39, 0.29) is 19.4 Å². The van der Waals surface area contributed by atoms with Crippen molar-refractivity contribution in [2.45, 2.75) is 59.4 Å². The van der Waals surface area contributed by atoms with Crippen LogP contribution in [-0.2, 0) is 0 Å². The molecule has 0 amide bonds. The summed E-state index contributed by atoms with van der Waals surface area (Å²) >= 11 is 17.7. The molecule has 21 heavy (non-hydrogen) atoms. The van der Waals surface area contributed by atoms with E-state index in [4.69, 9.17) is 33.2 Å². The van der Waals surface area contributed by atoms with E-state index in [0.29, 0.717) is 0 Å². The van der Waals surface area contributed by atoms with Gasteiger partial charge in [-0.2, -0.15) is 0 Å². The molecule has 7 heteroatoms. The third-order valence-electron chi connectivity index (χ3n) is 3.20. The van der Waals surface area contributed by atoms with Crippen LogP contribution in [0.3, 0.4) is 0 Å². The SMILES string of the molecule is CC(C)=C[SiH2]N(CCCCCC[Si](Cl)(Cl)Cl)[SiH2]C=C(C)C. The van der Waals surface area contributed by atoms with Gasteiger partial charge in [-0.15, -0.1) is 33.2 Å². The summed E-state index contributed by atoms with van der Waals surface area (Å²) in [6.07, 6.45) is 4.81. The Hall–Kier alpha value is 0.961. The van der Waals surface area contributed by atoms with Gasteiger partial charge in [0.1, 0.15) is 19.4 Å². The molecular weight excluding hydrogens is 373 g/mol. The highest BCUT2D eigenvalue weighted by molar-refractivity contribution is 7.64. The van der Waals surface area contributed by atoms with Crippen LogP contribution in [-0.4, -0.2) is 36.1 Å². The molecule has 0 aromatic rings. The van der Waals surface area contributed by atoms with Gasteiger partial charge in [-0.1, -0.05) is 41.8 Å². The van der Waals surface area contributed by atoms with Crippen LogP contribution in [0.25, 0.3) is 0 Å². The maximum absolute atomic E-state index is 5.90. The van der Waals surface area contributed by atoms with Crippen LogP contribution in [0.2, 0.25) is 6.04 Å². The van der Waals surface area contributed by atoms with Crippen molar-refractivity contribution in [1.82, 2.24) is 4.23 Å². The van der Waals surface area contributed by atoms with Crippen LogP contribution < -0.4 is 0 Å². The Morgan fingerprint density at radius 2 is 1.33 bits per heavy atom. The molecule has 0 spiro atoms. The van der Waals surface area contributed by atoms with Gasteiger partial charge in [-0.3, -0.25) is 0 Å². The highest BCUT2D eigenvalue weighted by Gasteiger charge is 2.23. The average Bonchev–Trinajstić information content (AvgIpc) is 2.33. The van der Waals surface area contributed by atoms with Crippen LogP contribution >= 0.6 is 33.2 Å². The molecule has 0 bridgehead atoms. The second-order valence-corrected chi connectivity index (χ2v) is 19.6. The van der Waals surface area contributed by atoms with Crippen LogP contribution in [0.4, 0.5) is 0 Å². The van der Waals surface area contributed by atoms with Crippen molar-refractivity contribution in [1.29, 1.82) is 0 Å². The molecule has 0 aromatic heterocycles. The molecule has 0 radical (unpaired) electrons. The number of nitrogens with zero attached hydrogens (tertiary/aromatic N) is 1. The number of hydrogen-bond acceptors (Lipinski definition) is 1. The maximum atomic E-state index is 5.90. The zero-order chi connectivity index (χ0) is 16.3. The Balaban J connectivity index is 3.95. The average molecular weight is 403 g/mol. The molecule has 0 saturated heterocycles. The Morgan fingerprint density at radius 1 is 0.857 bits per heavy atom. The standard InChI is InChI=1S/C14H30Cl3NSi3/c1-13(2)11-19-18(20-12-14(3)4)9-7-5-6-8-10-21(15,16)17/h11-12H,5-10,19-20H2,1-4H3. The van der Waals surface area contributed by atoms with Crippen LogP contribution in [0.5, 0.6) is 0 Å². The van der Waals surface area contributed by atoms with E-state index in [1.54, 1.807) is 0 Å². The lowest BCUT2D eigenvalue weighted by atomic mass is 10.2. The third kappa shape index (κ3) is 17.2. The molecule has 0 N–H and O–H groups in total. The Labute approximate surface area is 151 Å². The molecule has 0 aliphatic carbocycles. The lowest BCUT2D eigenvalue weighted by Crippen LogP contribution is -2.31. The van der Waals surface area contributed by atoms with Crippen molar-refractivity contribution in [2.75, 3.05) is 6.54 Å². The normalized spacial score (nSPS) is 12.8. The fraction of sp³-hybridized carbons (Fsp3) is 0.714. The number of allylic oxidation sites excluding steroid dienone is 2. The Bertz CT molecular complexity index is 313. The number of halogens is 3. The predicted molar refractivity (Wildman–Crippen MR) is 109 cm³/mol. The first-order valence-corrected chi connectivity index (χ1v) is 15.9. The molecule has 0 aliphatic heterocycles. The van der Waals surface area contributed by atoms with Gasteiger partial charge in [0.15, 0.2) is 0 Å². The summed E-state index contributed by atoms with van der Waals surface area (Å²) in [5, 5.41) is 0. The summed E-state index contributed by atoms with van der Waals surface area (Å²) < 4.78 is 2.77. The van der Waals surface area contributed by atoms with Crippen molar-refractivity contribution < 1.29 is 0 Å². The zero-order valence-corrected chi connectivity index (χ0v) is 20.0. The van der Waals surface area contributed by atoms with Crippen LogP contribution in [0.1, 0.15) is 53.4 Å². The van der Waals surface area contributed by atoms with Gasteiger partial charge in [0.25, 0.3) is 0 Å². The molecule has 0 aliphatic rings. The lowest BCUT2D eigenvalue weighted by Gasteiger charge is -2.19. The fourth-order valence-electron chi connectivity index (χ4n) is 1.89. The largest absolute Gasteiger partial charge is 0.349 e. The van der Waals surface area contributed by atoms with Gasteiger partial charge in [0, 0.05) is 0 Å². The molecule has 0 atom stereocenters. The van der Waals surface area contributed by atoms with E-state index in [1.807, 2.05) is 0 Å². The summed E-state index contributed by atoms with van der Waals surface area (Å²) in [5.74, 6) is 0. The van der Waals surface area contributed by atoms with E-state index in [9.17, 15) is 0 Å². The first kappa shape index (κ1) is 22.0. The molecule has 0 aromatic carbocycles.